The van der Waals surface area contributed by atoms with Crippen LogP contribution in [-0.4, -0.2) is 45.2 Å². The van der Waals surface area contributed by atoms with E-state index >= 15 is 0 Å². The number of ketones is 2. The molecule has 0 bridgehead atoms. The molecule has 5 heteroatoms. The maximum absolute atomic E-state index is 13.4. The maximum atomic E-state index is 13.4. The van der Waals surface area contributed by atoms with Crippen molar-refractivity contribution in [3.05, 3.63) is 0 Å². The molecule has 0 unspecified atom stereocenters. The number of aliphatic hydroxyl groups excluding tert-OH is 2. The largest absolute Gasteiger partial charge is 0.393 e. The smallest absolute Gasteiger partial charge is 0.190 e. The summed E-state index contributed by atoms with van der Waals surface area (Å²) in [7, 11) is 0. The average molecular weight is 364 g/mol. The monoisotopic (exact) mass is 364 g/mol. The average Bonchev–Trinajstić information content (AvgIpc) is 2.86. The predicted molar refractivity (Wildman–Crippen MR) is 95.2 cm³/mol. The number of hydrogen-bond donors (Lipinski definition) is 3. The van der Waals surface area contributed by atoms with Crippen molar-refractivity contribution in [3.63, 3.8) is 0 Å². The van der Waals surface area contributed by atoms with Crippen LogP contribution >= 0.6 is 0 Å². The summed E-state index contributed by atoms with van der Waals surface area (Å²) in [5.74, 6) is 0.380. The lowest BCUT2D eigenvalue weighted by Crippen LogP contribution is -2.62. The lowest BCUT2D eigenvalue weighted by atomic mass is 9.44. The first-order valence-corrected chi connectivity index (χ1v) is 10.2. The summed E-state index contributed by atoms with van der Waals surface area (Å²) in [6, 6.07) is 0. The highest BCUT2D eigenvalue weighted by molar-refractivity contribution is 5.92. The lowest BCUT2D eigenvalue weighted by Gasteiger charge is -2.60. The molecule has 0 saturated heterocycles. The molecule has 5 nitrogen and oxygen atoms in total. The number of carbonyl (C=O) groups excluding carboxylic acids is 2. The fourth-order valence-electron chi connectivity index (χ4n) is 7.64. The number of rotatable bonds is 2. The van der Waals surface area contributed by atoms with Crippen molar-refractivity contribution >= 4 is 11.6 Å². The summed E-state index contributed by atoms with van der Waals surface area (Å²) >= 11 is 0. The molecule has 0 spiro atoms. The van der Waals surface area contributed by atoms with Gasteiger partial charge in [0.05, 0.1) is 6.10 Å². The molecule has 4 saturated carbocycles. The number of carbonyl (C=O) groups is 2. The van der Waals surface area contributed by atoms with Crippen LogP contribution in [0.1, 0.15) is 65.2 Å². The van der Waals surface area contributed by atoms with Gasteiger partial charge in [-0.05, 0) is 68.1 Å². The Balaban J connectivity index is 1.70. The summed E-state index contributed by atoms with van der Waals surface area (Å²) in [6.07, 6.45) is 5.47. The van der Waals surface area contributed by atoms with Crippen LogP contribution in [0.4, 0.5) is 0 Å². The minimum absolute atomic E-state index is 0.0154. The van der Waals surface area contributed by atoms with Gasteiger partial charge in [0, 0.05) is 17.8 Å². The van der Waals surface area contributed by atoms with E-state index in [1.807, 2.05) is 6.92 Å². The molecule has 0 amide bonds. The van der Waals surface area contributed by atoms with E-state index in [1.165, 1.54) is 0 Å². The van der Waals surface area contributed by atoms with Gasteiger partial charge in [-0.15, -0.1) is 0 Å². The Morgan fingerprint density at radius 2 is 1.88 bits per heavy atom. The Morgan fingerprint density at radius 1 is 1.15 bits per heavy atom. The molecule has 146 valence electrons. The Morgan fingerprint density at radius 3 is 2.58 bits per heavy atom. The molecule has 4 aliphatic rings. The van der Waals surface area contributed by atoms with Crippen molar-refractivity contribution in [2.75, 3.05) is 6.61 Å². The van der Waals surface area contributed by atoms with E-state index in [4.69, 9.17) is 0 Å². The van der Waals surface area contributed by atoms with E-state index in [9.17, 15) is 24.9 Å². The summed E-state index contributed by atoms with van der Waals surface area (Å²) < 4.78 is 0. The van der Waals surface area contributed by atoms with E-state index in [-0.39, 0.29) is 41.5 Å². The first kappa shape index (κ1) is 18.6. The molecule has 3 N–H and O–H groups in total. The van der Waals surface area contributed by atoms with Crippen LogP contribution < -0.4 is 0 Å². The van der Waals surface area contributed by atoms with Crippen LogP contribution in [0.5, 0.6) is 0 Å². The van der Waals surface area contributed by atoms with Crippen molar-refractivity contribution in [2.24, 2.45) is 34.5 Å². The highest BCUT2D eigenvalue weighted by Gasteiger charge is 2.68. The van der Waals surface area contributed by atoms with Crippen LogP contribution in [-0.2, 0) is 9.59 Å². The van der Waals surface area contributed by atoms with Gasteiger partial charge in [0.15, 0.2) is 5.78 Å². The van der Waals surface area contributed by atoms with Gasteiger partial charge in [-0.3, -0.25) is 9.59 Å². The summed E-state index contributed by atoms with van der Waals surface area (Å²) in [5.41, 5.74) is -2.40. The Hall–Kier alpha value is -0.780. The zero-order chi connectivity index (χ0) is 18.9. The minimum Gasteiger partial charge on any atom is -0.393 e. The van der Waals surface area contributed by atoms with Crippen LogP contribution in [0.25, 0.3) is 0 Å². The molecular weight excluding hydrogens is 332 g/mol. The van der Waals surface area contributed by atoms with Crippen molar-refractivity contribution < 1.29 is 24.9 Å². The maximum Gasteiger partial charge on any atom is 0.190 e. The second-order valence-electron chi connectivity index (χ2n) is 10.00. The van der Waals surface area contributed by atoms with Gasteiger partial charge < -0.3 is 15.3 Å². The summed E-state index contributed by atoms with van der Waals surface area (Å²) in [4.78, 5) is 25.7. The van der Waals surface area contributed by atoms with E-state index < -0.39 is 23.4 Å². The Bertz CT molecular complexity index is 632. The molecule has 26 heavy (non-hydrogen) atoms. The Labute approximate surface area is 155 Å². The predicted octanol–water partition coefficient (Wildman–Crippen LogP) is 1.86. The molecule has 0 aromatic heterocycles. The third kappa shape index (κ3) is 2.20. The molecule has 4 fully saturated rings. The van der Waals surface area contributed by atoms with Crippen LogP contribution in [0.3, 0.4) is 0 Å². The van der Waals surface area contributed by atoms with Crippen molar-refractivity contribution in [2.45, 2.75) is 76.9 Å². The molecule has 4 rings (SSSR count). The van der Waals surface area contributed by atoms with E-state index in [1.54, 1.807) is 0 Å². The molecule has 0 aliphatic heterocycles. The third-order valence-electron chi connectivity index (χ3n) is 9.08. The second kappa shape index (κ2) is 5.86. The fourth-order valence-corrected chi connectivity index (χ4v) is 7.64. The van der Waals surface area contributed by atoms with Gasteiger partial charge in [0.1, 0.15) is 18.0 Å². The SMILES string of the molecule is C[C@]12CC[C@@H](O)C[C@H]1CC[C@@H]1[C@@H]2C(=O)C[C@@]2(C)[C@H]1CC[C@]2(O)C(=O)CO. The van der Waals surface area contributed by atoms with E-state index in [0.29, 0.717) is 12.3 Å². The zero-order valence-electron chi connectivity index (χ0n) is 15.9. The quantitative estimate of drug-likeness (QED) is 0.695. The van der Waals surface area contributed by atoms with E-state index in [2.05, 4.69) is 6.92 Å². The molecule has 0 aromatic rings. The highest BCUT2D eigenvalue weighted by atomic mass is 16.3. The number of hydrogen-bond acceptors (Lipinski definition) is 5. The molecule has 0 aromatic carbocycles. The van der Waals surface area contributed by atoms with Gasteiger partial charge in [0.2, 0.25) is 0 Å². The van der Waals surface area contributed by atoms with Crippen molar-refractivity contribution in [1.29, 1.82) is 0 Å². The van der Waals surface area contributed by atoms with Crippen LogP contribution in [0, 0.1) is 34.5 Å². The normalized spacial score (nSPS) is 53.6. The molecule has 0 radical (unpaired) electrons. The molecule has 8 atom stereocenters. The first-order valence-electron chi connectivity index (χ1n) is 10.2. The highest BCUT2D eigenvalue weighted by Crippen LogP contribution is 2.67. The molecular formula is C21H32O5. The first-order chi connectivity index (χ1) is 12.2. The van der Waals surface area contributed by atoms with Gasteiger partial charge in [0.25, 0.3) is 0 Å². The number of aliphatic hydroxyl groups is 3. The van der Waals surface area contributed by atoms with Gasteiger partial charge in [-0.1, -0.05) is 13.8 Å². The summed E-state index contributed by atoms with van der Waals surface area (Å²) in [6.45, 7) is 3.46. The van der Waals surface area contributed by atoms with E-state index in [0.717, 1.165) is 38.5 Å². The lowest BCUT2D eigenvalue weighted by molar-refractivity contribution is -0.180. The van der Waals surface area contributed by atoms with Gasteiger partial charge >= 0.3 is 0 Å². The summed E-state index contributed by atoms with van der Waals surface area (Å²) in [5, 5.41) is 30.6. The third-order valence-corrected chi connectivity index (χ3v) is 9.08. The minimum atomic E-state index is -1.58. The second-order valence-corrected chi connectivity index (χ2v) is 10.00. The standard InChI is InChI=1S/C21H32O5/c1-19-7-5-13(23)9-12(19)3-4-14-15-6-8-21(26,17(25)11-22)20(15,2)10-16(24)18(14)19/h12-15,18,22-23,26H,3-11H2,1-2H3/t12-,13-,14+,15+,18-,19+,20+,21+/m1/s1. The van der Waals surface area contributed by atoms with Gasteiger partial charge in [-0.25, -0.2) is 0 Å². The fraction of sp³-hybridized carbons (Fsp3) is 0.905. The number of fused-ring (bicyclic) bond motifs is 5. The zero-order valence-corrected chi connectivity index (χ0v) is 15.9. The molecule has 4 aliphatic carbocycles. The topological polar surface area (TPSA) is 94.8 Å². The van der Waals surface area contributed by atoms with Crippen molar-refractivity contribution in [1.82, 2.24) is 0 Å². The Kier molecular flexibility index (Phi) is 4.18. The van der Waals surface area contributed by atoms with Gasteiger partial charge in [-0.2, -0.15) is 0 Å². The van der Waals surface area contributed by atoms with Crippen LogP contribution in [0.2, 0.25) is 0 Å². The van der Waals surface area contributed by atoms with Crippen LogP contribution in [0.15, 0.2) is 0 Å². The number of Topliss-reactive ketones (excluding diaryl/α,β-unsaturated/α-hetero) is 2. The molecule has 0 heterocycles. The van der Waals surface area contributed by atoms with Crippen molar-refractivity contribution in [3.8, 4) is 0 Å².